The highest BCUT2D eigenvalue weighted by atomic mass is 32.2. The molecule has 0 fully saturated rings. The van der Waals surface area contributed by atoms with Gasteiger partial charge in [-0.05, 0) is 29.8 Å². The van der Waals surface area contributed by atoms with Gasteiger partial charge in [0.05, 0.1) is 4.90 Å². The van der Waals surface area contributed by atoms with Gasteiger partial charge in [-0.15, -0.1) is 0 Å². The highest BCUT2D eigenvalue weighted by Gasteiger charge is 2.23. The third-order valence-electron chi connectivity index (χ3n) is 4.54. The fourth-order valence-corrected chi connectivity index (χ4v) is 4.01. The van der Waals surface area contributed by atoms with Gasteiger partial charge in [-0.3, -0.25) is 9.59 Å². The van der Waals surface area contributed by atoms with Crippen LogP contribution in [0.15, 0.2) is 64.6 Å². The molecule has 0 radical (unpaired) electrons. The molecule has 152 valence electrons. The summed E-state index contributed by atoms with van der Waals surface area (Å²) >= 11 is 0. The molecule has 9 heteroatoms. The van der Waals surface area contributed by atoms with Crippen molar-refractivity contribution in [2.45, 2.75) is 24.3 Å². The largest absolute Gasteiger partial charge is 0.321 e. The Morgan fingerprint density at radius 1 is 1.10 bits per heavy atom. The quantitative estimate of drug-likeness (QED) is 0.782. The maximum absolute atomic E-state index is 12.8. The van der Waals surface area contributed by atoms with Gasteiger partial charge in [0.15, 0.2) is 0 Å². The second kappa shape index (κ2) is 8.54. The van der Waals surface area contributed by atoms with Crippen LogP contribution in [-0.2, 0) is 26.2 Å². The van der Waals surface area contributed by atoms with Gasteiger partial charge in [0.1, 0.15) is 5.71 Å². The maximum atomic E-state index is 12.8. The van der Waals surface area contributed by atoms with Crippen molar-refractivity contribution in [2.24, 2.45) is 5.10 Å². The number of hydrazone groups is 1. The zero-order valence-corrected chi connectivity index (χ0v) is 17.0. The van der Waals surface area contributed by atoms with Crippen molar-refractivity contribution in [2.75, 3.05) is 19.4 Å². The van der Waals surface area contributed by atoms with Crippen molar-refractivity contribution in [3.63, 3.8) is 0 Å². The van der Waals surface area contributed by atoms with Crippen LogP contribution in [0.4, 0.5) is 5.69 Å². The van der Waals surface area contributed by atoms with Gasteiger partial charge in [-0.25, -0.2) is 13.4 Å². The number of sulfonamides is 1. The van der Waals surface area contributed by atoms with E-state index in [9.17, 15) is 18.0 Å². The molecule has 0 unspecified atom stereocenters. The lowest BCUT2D eigenvalue weighted by Gasteiger charge is -2.19. The van der Waals surface area contributed by atoms with Crippen molar-refractivity contribution in [1.29, 1.82) is 0 Å². The van der Waals surface area contributed by atoms with Crippen molar-refractivity contribution in [3.8, 4) is 0 Å². The molecule has 8 nitrogen and oxygen atoms in total. The smallest absolute Gasteiger partial charge is 0.271 e. The Kier molecular flexibility index (Phi) is 6.09. The number of hydrogen-bond donors (Lipinski definition) is 1. The van der Waals surface area contributed by atoms with Crippen LogP contribution in [0.2, 0.25) is 0 Å². The van der Waals surface area contributed by atoms with Crippen LogP contribution in [0.3, 0.4) is 0 Å². The molecule has 1 aliphatic heterocycles. The summed E-state index contributed by atoms with van der Waals surface area (Å²) in [4.78, 5) is 23.9. The number of amides is 2. The number of hydrogen-bond acceptors (Lipinski definition) is 5. The first kappa shape index (κ1) is 20.7. The van der Waals surface area contributed by atoms with Crippen molar-refractivity contribution in [3.05, 3.63) is 60.2 Å². The molecule has 0 atom stereocenters. The molecule has 0 aliphatic carbocycles. The lowest BCUT2D eigenvalue weighted by Crippen LogP contribution is -2.34. The van der Waals surface area contributed by atoms with Crippen LogP contribution in [0.25, 0.3) is 0 Å². The number of nitrogens with zero attached hydrogens (tertiary/aromatic N) is 3. The Morgan fingerprint density at radius 3 is 2.38 bits per heavy atom. The Hall–Kier alpha value is -3.04. The van der Waals surface area contributed by atoms with E-state index in [4.69, 9.17) is 0 Å². The molecule has 2 amide bonds. The fraction of sp³-hybridized carbons (Fsp3) is 0.250. The number of anilines is 1. The van der Waals surface area contributed by atoms with Crippen molar-refractivity contribution < 1.29 is 18.0 Å². The Morgan fingerprint density at radius 2 is 1.76 bits per heavy atom. The molecule has 0 aromatic heterocycles. The normalized spacial score (nSPS) is 14.7. The fourth-order valence-electron chi connectivity index (χ4n) is 2.85. The van der Waals surface area contributed by atoms with Crippen LogP contribution in [0.5, 0.6) is 0 Å². The molecule has 1 aliphatic rings. The van der Waals surface area contributed by atoms with Crippen LogP contribution in [0, 0.1) is 0 Å². The average molecular weight is 414 g/mol. The van der Waals surface area contributed by atoms with Gasteiger partial charge in [0, 0.05) is 39.2 Å². The summed E-state index contributed by atoms with van der Waals surface area (Å²) < 4.78 is 26.8. The molecule has 0 spiro atoms. The van der Waals surface area contributed by atoms with Crippen LogP contribution < -0.4 is 5.32 Å². The van der Waals surface area contributed by atoms with Gasteiger partial charge in [-0.1, -0.05) is 30.3 Å². The summed E-state index contributed by atoms with van der Waals surface area (Å²) in [5, 5.41) is 7.79. The molecule has 2 aromatic carbocycles. The summed E-state index contributed by atoms with van der Waals surface area (Å²) in [7, 11) is -0.638. The van der Waals surface area contributed by atoms with E-state index in [0.717, 1.165) is 10.6 Å². The van der Waals surface area contributed by atoms with E-state index in [1.165, 1.54) is 42.7 Å². The second-order valence-corrected chi connectivity index (χ2v) is 8.73. The minimum atomic E-state index is -3.66. The number of rotatable bonds is 6. The summed E-state index contributed by atoms with van der Waals surface area (Å²) in [5.41, 5.74) is 1.59. The van der Waals surface area contributed by atoms with E-state index >= 15 is 0 Å². The Bertz CT molecular complexity index is 1030. The molecule has 3 rings (SSSR count). The molecule has 1 N–H and O–H groups in total. The monoisotopic (exact) mass is 414 g/mol. The van der Waals surface area contributed by atoms with E-state index < -0.39 is 15.9 Å². The molecule has 0 saturated carbocycles. The number of benzene rings is 2. The molecule has 0 bridgehead atoms. The minimum Gasteiger partial charge on any atom is -0.321 e. The van der Waals surface area contributed by atoms with Gasteiger partial charge in [-0.2, -0.15) is 9.41 Å². The summed E-state index contributed by atoms with van der Waals surface area (Å²) in [6.45, 7) is 0.258. The van der Waals surface area contributed by atoms with E-state index in [0.29, 0.717) is 5.69 Å². The van der Waals surface area contributed by atoms with Gasteiger partial charge < -0.3 is 5.32 Å². The van der Waals surface area contributed by atoms with Crippen LogP contribution in [0.1, 0.15) is 18.4 Å². The van der Waals surface area contributed by atoms with Gasteiger partial charge in [0.25, 0.3) is 5.91 Å². The van der Waals surface area contributed by atoms with E-state index in [2.05, 4.69) is 10.4 Å². The Labute approximate surface area is 169 Å². The highest BCUT2D eigenvalue weighted by molar-refractivity contribution is 7.89. The lowest BCUT2D eigenvalue weighted by molar-refractivity contribution is -0.130. The maximum Gasteiger partial charge on any atom is 0.271 e. The number of nitrogens with one attached hydrogen (secondary N) is 1. The highest BCUT2D eigenvalue weighted by Crippen LogP contribution is 2.19. The first-order valence-corrected chi connectivity index (χ1v) is 10.5. The van der Waals surface area contributed by atoms with E-state index in [1.807, 2.05) is 30.3 Å². The number of carbonyl (C=O) groups excluding carboxylic acids is 2. The zero-order valence-electron chi connectivity index (χ0n) is 16.2. The third-order valence-corrected chi connectivity index (χ3v) is 6.36. The van der Waals surface area contributed by atoms with E-state index in [-0.39, 0.29) is 35.9 Å². The zero-order chi connectivity index (χ0) is 21.0. The SMILES string of the molecule is CN1N=C(C(=O)Nc2ccc(S(=O)(=O)N(C)Cc3ccccc3)cc2)CCC1=O. The van der Waals surface area contributed by atoms with Crippen LogP contribution in [-0.4, -0.2) is 49.4 Å². The molecular formula is C20H22N4O4S. The average Bonchev–Trinajstić information content (AvgIpc) is 2.71. The minimum absolute atomic E-state index is 0.134. The van der Waals surface area contributed by atoms with E-state index in [1.54, 1.807) is 0 Å². The van der Waals surface area contributed by atoms with Gasteiger partial charge >= 0.3 is 0 Å². The van der Waals surface area contributed by atoms with Gasteiger partial charge in [0.2, 0.25) is 15.9 Å². The third kappa shape index (κ3) is 4.87. The molecular weight excluding hydrogens is 392 g/mol. The topological polar surface area (TPSA) is 99.2 Å². The standard InChI is InChI=1S/C20H22N4O4S/c1-23(14-15-6-4-3-5-7-15)29(27,28)17-10-8-16(9-11-17)21-20(26)18-12-13-19(25)24(2)22-18/h3-11H,12-14H2,1-2H3,(H,21,26). The molecule has 2 aromatic rings. The molecule has 0 saturated heterocycles. The van der Waals surface area contributed by atoms with Crippen LogP contribution >= 0.6 is 0 Å². The summed E-state index contributed by atoms with van der Waals surface area (Å²) in [6, 6.07) is 15.3. The van der Waals surface area contributed by atoms with Crippen molar-refractivity contribution in [1.82, 2.24) is 9.31 Å². The second-order valence-electron chi connectivity index (χ2n) is 6.69. The van der Waals surface area contributed by atoms with Crippen molar-refractivity contribution >= 4 is 33.2 Å². The number of carbonyl (C=O) groups is 2. The first-order valence-electron chi connectivity index (χ1n) is 9.03. The summed E-state index contributed by atoms with van der Waals surface area (Å²) in [5.74, 6) is -0.558. The molecule has 29 heavy (non-hydrogen) atoms. The molecule has 1 heterocycles. The predicted octanol–water partition coefficient (Wildman–Crippen LogP) is 2.05. The summed E-state index contributed by atoms with van der Waals surface area (Å²) in [6.07, 6.45) is 0.499. The Balaban J connectivity index is 1.68. The first-order chi connectivity index (χ1) is 13.8. The lowest BCUT2D eigenvalue weighted by atomic mass is 10.1. The predicted molar refractivity (Wildman–Crippen MR) is 110 cm³/mol.